The first-order valence-corrected chi connectivity index (χ1v) is 8.97. The van der Waals surface area contributed by atoms with Crippen molar-refractivity contribution in [1.82, 2.24) is 9.71 Å². The maximum atomic E-state index is 12.6. The molecule has 0 unspecified atom stereocenters. The molecule has 2 aromatic rings. The van der Waals surface area contributed by atoms with Crippen LogP contribution in [0.1, 0.15) is 0 Å². The number of pyridine rings is 1. The number of nitrogens with one attached hydrogen (secondary N) is 2. The second-order valence-corrected chi connectivity index (χ2v) is 6.64. The van der Waals surface area contributed by atoms with Crippen LogP contribution in [0.15, 0.2) is 35.2 Å². The maximum Gasteiger partial charge on any atom is 0.333 e. The second-order valence-electron chi connectivity index (χ2n) is 4.99. The lowest BCUT2D eigenvalue weighted by atomic mass is 10.3. The standard InChI is InChI=1S/C16H19N3O7S/c1-23-10-5-7-12(24-2)13(9-10)27(21,22)19-16(20)17-11-6-8-14(25-3)18-15(11)26-4/h5-9H,1-4H3,(H2,17,19,20). The van der Waals surface area contributed by atoms with Gasteiger partial charge in [-0.3, -0.25) is 0 Å². The zero-order valence-corrected chi connectivity index (χ0v) is 15.9. The number of carbonyl (C=O) groups is 1. The van der Waals surface area contributed by atoms with E-state index in [1.165, 1.54) is 58.8 Å². The Hall–Kier alpha value is -3.21. The summed E-state index contributed by atoms with van der Waals surface area (Å²) >= 11 is 0. The molecule has 2 N–H and O–H groups in total. The van der Waals surface area contributed by atoms with Crippen LogP contribution in [0.4, 0.5) is 10.5 Å². The molecular weight excluding hydrogens is 378 g/mol. The van der Waals surface area contributed by atoms with E-state index < -0.39 is 16.1 Å². The first kappa shape index (κ1) is 20.1. The SMILES string of the molecule is COc1ccc(OC)c(S(=O)(=O)NC(=O)Nc2ccc(OC)nc2OC)c1. The van der Waals surface area contributed by atoms with Gasteiger partial charge in [-0.25, -0.2) is 17.9 Å². The molecule has 1 aromatic heterocycles. The molecular formula is C16H19N3O7S. The van der Waals surface area contributed by atoms with Gasteiger partial charge >= 0.3 is 6.03 Å². The highest BCUT2D eigenvalue weighted by Crippen LogP contribution is 2.28. The molecule has 1 aromatic carbocycles. The predicted octanol–water partition coefficient (Wildman–Crippen LogP) is 1.63. The average molecular weight is 397 g/mol. The Balaban J connectivity index is 2.25. The number of sulfonamides is 1. The van der Waals surface area contributed by atoms with Crippen molar-refractivity contribution in [3.63, 3.8) is 0 Å². The number of aromatic nitrogens is 1. The van der Waals surface area contributed by atoms with E-state index in [0.717, 1.165) is 0 Å². The van der Waals surface area contributed by atoms with Crippen LogP contribution in [0.3, 0.4) is 0 Å². The molecule has 0 fully saturated rings. The average Bonchev–Trinajstić information content (AvgIpc) is 2.67. The minimum Gasteiger partial charge on any atom is -0.497 e. The van der Waals surface area contributed by atoms with Gasteiger partial charge < -0.3 is 24.3 Å². The first-order chi connectivity index (χ1) is 12.8. The van der Waals surface area contributed by atoms with Crippen molar-refractivity contribution in [2.24, 2.45) is 0 Å². The minimum atomic E-state index is -4.24. The van der Waals surface area contributed by atoms with Gasteiger partial charge in [0.15, 0.2) is 0 Å². The van der Waals surface area contributed by atoms with E-state index in [1.807, 2.05) is 4.72 Å². The number of urea groups is 1. The van der Waals surface area contributed by atoms with Crippen molar-refractivity contribution in [1.29, 1.82) is 0 Å². The number of carbonyl (C=O) groups excluding carboxylic acids is 1. The molecule has 0 saturated carbocycles. The summed E-state index contributed by atoms with van der Waals surface area (Å²) < 4.78 is 47.1. The molecule has 11 heteroatoms. The molecule has 0 bridgehead atoms. The summed E-state index contributed by atoms with van der Waals surface area (Å²) in [4.78, 5) is 15.9. The van der Waals surface area contributed by atoms with Crippen LogP contribution in [0.25, 0.3) is 0 Å². The Morgan fingerprint density at radius 1 is 0.963 bits per heavy atom. The third-order valence-corrected chi connectivity index (χ3v) is 4.72. The van der Waals surface area contributed by atoms with E-state index >= 15 is 0 Å². The lowest BCUT2D eigenvalue weighted by Gasteiger charge is -2.13. The van der Waals surface area contributed by atoms with Crippen LogP contribution in [0, 0.1) is 0 Å². The van der Waals surface area contributed by atoms with E-state index in [4.69, 9.17) is 18.9 Å². The molecule has 146 valence electrons. The molecule has 0 radical (unpaired) electrons. The van der Waals surface area contributed by atoms with E-state index in [1.54, 1.807) is 0 Å². The van der Waals surface area contributed by atoms with E-state index in [-0.39, 0.29) is 33.8 Å². The molecule has 2 amide bonds. The Kier molecular flexibility index (Phi) is 6.29. The number of nitrogens with zero attached hydrogens (tertiary/aromatic N) is 1. The molecule has 2 rings (SSSR count). The third-order valence-electron chi connectivity index (χ3n) is 3.37. The predicted molar refractivity (Wildman–Crippen MR) is 96.2 cm³/mol. The quantitative estimate of drug-likeness (QED) is 0.722. The van der Waals surface area contributed by atoms with Gasteiger partial charge in [0.05, 0.1) is 28.4 Å². The molecule has 1 heterocycles. The van der Waals surface area contributed by atoms with Crippen LogP contribution < -0.4 is 29.0 Å². The van der Waals surface area contributed by atoms with E-state index in [9.17, 15) is 13.2 Å². The van der Waals surface area contributed by atoms with Gasteiger partial charge in [0.25, 0.3) is 10.0 Å². The van der Waals surface area contributed by atoms with Crippen molar-refractivity contribution in [3.05, 3.63) is 30.3 Å². The van der Waals surface area contributed by atoms with Crippen LogP contribution in [-0.4, -0.2) is 47.9 Å². The van der Waals surface area contributed by atoms with Crippen LogP contribution in [0.5, 0.6) is 23.3 Å². The molecule has 0 spiro atoms. The van der Waals surface area contributed by atoms with Crippen molar-refractivity contribution < 1.29 is 32.2 Å². The smallest absolute Gasteiger partial charge is 0.333 e. The number of hydrogen-bond donors (Lipinski definition) is 2. The molecule has 0 aliphatic heterocycles. The summed E-state index contributed by atoms with van der Waals surface area (Å²) in [6, 6.07) is 6.13. The third kappa shape index (κ3) is 4.70. The van der Waals surface area contributed by atoms with Crippen molar-refractivity contribution in [3.8, 4) is 23.3 Å². The monoisotopic (exact) mass is 397 g/mol. The number of ether oxygens (including phenoxy) is 4. The summed E-state index contributed by atoms with van der Waals surface area (Å²) in [5.74, 6) is 0.671. The fourth-order valence-electron chi connectivity index (χ4n) is 2.11. The Morgan fingerprint density at radius 2 is 1.70 bits per heavy atom. The highest BCUT2D eigenvalue weighted by molar-refractivity contribution is 7.90. The van der Waals surface area contributed by atoms with E-state index in [0.29, 0.717) is 0 Å². The summed E-state index contributed by atoms with van der Waals surface area (Å²) in [6.07, 6.45) is 0. The number of anilines is 1. The number of rotatable bonds is 7. The van der Waals surface area contributed by atoms with Gasteiger partial charge in [-0.05, 0) is 18.2 Å². The fraction of sp³-hybridized carbons (Fsp3) is 0.250. The zero-order valence-electron chi connectivity index (χ0n) is 15.1. The largest absolute Gasteiger partial charge is 0.497 e. The zero-order chi connectivity index (χ0) is 20.0. The van der Waals surface area contributed by atoms with Crippen LogP contribution >= 0.6 is 0 Å². The lowest BCUT2D eigenvalue weighted by molar-refractivity contribution is 0.256. The van der Waals surface area contributed by atoms with Gasteiger partial charge in [0.2, 0.25) is 11.8 Å². The topological polar surface area (TPSA) is 125 Å². The fourth-order valence-corrected chi connectivity index (χ4v) is 3.20. The number of benzene rings is 1. The van der Waals surface area contributed by atoms with Gasteiger partial charge in [-0.1, -0.05) is 0 Å². The van der Waals surface area contributed by atoms with Crippen molar-refractivity contribution in [2.45, 2.75) is 4.90 Å². The summed E-state index contributed by atoms with van der Waals surface area (Å²) in [5, 5.41) is 2.36. The number of methoxy groups -OCH3 is 4. The molecule has 27 heavy (non-hydrogen) atoms. The normalized spacial score (nSPS) is 10.7. The summed E-state index contributed by atoms with van der Waals surface area (Å²) in [7, 11) is 1.24. The minimum absolute atomic E-state index is 0.0554. The molecule has 0 aliphatic rings. The molecule has 0 aliphatic carbocycles. The summed E-state index contributed by atoms with van der Waals surface area (Å²) in [5.41, 5.74) is 0.156. The Morgan fingerprint density at radius 3 is 2.30 bits per heavy atom. The lowest BCUT2D eigenvalue weighted by Crippen LogP contribution is -2.34. The Labute approximate surface area is 156 Å². The number of hydrogen-bond acceptors (Lipinski definition) is 8. The van der Waals surface area contributed by atoms with Crippen molar-refractivity contribution >= 4 is 21.7 Å². The van der Waals surface area contributed by atoms with Gasteiger partial charge in [0.1, 0.15) is 22.1 Å². The Bertz CT molecular complexity index is 932. The van der Waals surface area contributed by atoms with Crippen LogP contribution in [-0.2, 0) is 10.0 Å². The second kappa shape index (κ2) is 8.45. The molecule has 10 nitrogen and oxygen atoms in total. The van der Waals surface area contributed by atoms with E-state index in [2.05, 4.69) is 10.3 Å². The highest BCUT2D eigenvalue weighted by atomic mass is 32.2. The van der Waals surface area contributed by atoms with Crippen molar-refractivity contribution in [2.75, 3.05) is 33.8 Å². The highest BCUT2D eigenvalue weighted by Gasteiger charge is 2.24. The maximum absolute atomic E-state index is 12.6. The first-order valence-electron chi connectivity index (χ1n) is 7.49. The number of amides is 2. The van der Waals surface area contributed by atoms with Gasteiger partial charge in [-0.2, -0.15) is 4.98 Å². The molecule has 0 atom stereocenters. The molecule has 0 saturated heterocycles. The van der Waals surface area contributed by atoms with Gasteiger partial charge in [0, 0.05) is 12.1 Å². The summed E-state index contributed by atoms with van der Waals surface area (Å²) in [6.45, 7) is 0. The van der Waals surface area contributed by atoms with Crippen LogP contribution in [0.2, 0.25) is 0 Å². The van der Waals surface area contributed by atoms with Gasteiger partial charge in [-0.15, -0.1) is 0 Å².